The predicted octanol–water partition coefficient (Wildman–Crippen LogP) is 3.62. The van der Waals surface area contributed by atoms with Crippen molar-refractivity contribution in [3.63, 3.8) is 0 Å². The van der Waals surface area contributed by atoms with Gasteiger partial charge in [0.2, 0.25) is 5.91 Å². The van der Waals surface area contributed by atoms with E-state index in [1.54, 1.807) is 0 Å². The number of benzene rings is 1. The van der Waals surface area contributed by atoms with Gasteiger partial charge < -0.3 is 20.3 Å². The molecule has 0 unspecified atom stereocenters. The van der Waals surface area contributed by atoms with Crippen LogP contribution < -0.4 is 10.6 Å². The second-order valence-electron chi connectivity index (χ2n) is 9.05. The quantitative estimate of drug-likeness (QED) is 0.661. The Morgan fingerprint density at radius 3 is 2.58 bits per heavy atom. The highest BCUT2D eigenvalue weighted by molar-refractivity contribution is 5.85. The molecule has 2 aromatic rings. The third kappa shape index (κ3) is 7.21. The molecule has 3 rings (SSSR count). The van der Waals surface area contributed by atoms with Gasteiger partial charge in [0.25, 0.3) is 0 Å². The van der Waals surface area contributed by atoms with Crippen LogP contribution in [0.4, 0.5) is 4.79 Å². The highest BCUT2D eigenvalue weighted by Crippen LogP contribution is 2.13. The second-order valence-corrected chi connectivity index (χ2v) is 9.05. The molecule has 2 amide bonds. The van der Waals surface area contributed by atoms with Gasteiger partial charge >= 0.3 is 6.09 Å². The Kier molecular flexibility index (Phi) is 7.85. The lowest BCUT2D eigenvalue weighted by molar-refractivity contribution is -0.134. The van der Waals surface area contributed by atoms with Gasteiger partial charge in [0, 0.05) is 25.0 Å². The van der Waals surface area contributed by atoms with Gasteiger partial charge in [0.1, 0.15) is 11.6 Å². The summed E-state index contributed by atoms with van der Waals surface area (Å²) in [5, 5.41) is 7.25. The minimum atomic E-state index is -0.608. The maximum absolute atomic E-state index is 13.0. The number of alkyl carbamates (subject to hydrolysis) is 1. The van der Waals surface area contributed by atoms with Gasteiger partial charge in [-0.05, 0) is 65.1 Å². The van der Waals surface area contributed by atoms with E-state index in [0.29, 0.717) is 19.5 Å². The highest BCUT2D eigenvalue weighted by Gasteiger charge is 2.28. The van der Waals surface area contributed by atoms with E-state index >= 15 is 0 Å². The molecule has 1 atom stereocenters. The number of ether oxygens (including phenoxy) is 1. The fraction of sp³-hybridized carbons (Fsp3) is 0.542. The third-order valence-corrected chi connectivity index (χ3v) is 5.23. The number of nitrogens with one attached hydrogen (secondary N) is 2. The normalized spacial score (nSPS) is 15.5. The number of pyridine rings is 1. The molecule has 0 spiro atoms. The molecule has 2 heterocycles. The Hall–Kier alpha value is -2.67. The van der Waals surface area contributed by atoms with E-state index in [2.05, 4.69) is 21.7 Å². The summed E-state index contributed by atoms with van der Waals surface area (Å²) in [4.78, 5) is 31.8. The Morgan fingerprint density at radius 1 is 1.10 bits per heavy atom. The number of rotatable bonds is 7. The summed E-state index contributed by atoms with van der Waals surface area (Å²) in [5.74, 6) is -0.0313. The van der Waals surface area contributed by atoms with Crippen LogP contribution in [0.1, 0.15) is 52.1 Å². The number of para-hydroxylation sites is 1. The summed E-state index contributed by atoms with van der Waals surface area (Å²) in [7, 11) is 0. The largest absolute Gasteiger partial charge is 0.444 e. The topological polar surface area (TPSA) is 83.6 Å². The van der Waals surface area contributed by atoms with Crippen molar-refractivity contribution in [3.05, 3.63) is 42.1 Å². The Balaban J connectivity index is 1.56. The van der Waals surface area contributed by atoms with Gasteiger partial charge in [0.05, 0.1) is 11.2 Å². The van der Waals surface area contributed by atoms with Crippen LogP contribution in [0.15, 0.2) is 36.4 Å². The zero-order chi connectivity index (χ0) is 22.3. The van der Waals surface area contributed by atoms with Crippen LogP contribution in [0, 0.1) is 0 Å². The molecule has 1 fully saturated rings. The van der Waals surface area contributed by atoms with Crippen molar-refractivity contribution in [1.82, 2.24) is 20.5 Å². The molecule has 2 N–H and O–H groups in total. The molecule has 1 saturated heterocycles. The number of likely N-dealkylation sites (tertiary alicyclic amines) is 1. The van der Waals surface area contributed by atoms with Crippen LogP contribution in [0.2, 0.25) is 0 Å². The summed E-state index contributed by atoms with van der Waals surface area (Å²) >= 11 is 0. The molecule has 1 aromatic carbocycles. The number of aromatic nitrogens is 1. The first-order chi connectivity index (χ1) is 14.8. The van der Waals surface area contributed by atoms with Crippen LogP contribution in [0.3, 0.4) is 0 Å². The molecule has 1 aliphatic rings. The van der Waals surface area contributed by atoms with Crippen LogP contribution in [0.25, 0.3) is 10.9 Å². The highest BCUT2D eigenvalue weighted by atomic mass is 16.6. The van der Waals surface area contributed by atoms with E-state index in [0.717, 1.165) is 48.9 Å². The average Bonchev–Trinajstić information content (AvgIpc) is 2.74. The molecule has 168 valence electrons. The van der Waals surface area contributed by atoms with Crippen molar-refractivity contribution in [2.24, 2.45) is 0 Å². The molecular weight excluding hydrogens is 392 g/mol. The number of piperidine rings is 1. The minimum absolute atomic E-state index is 0.0313. The molecular formula is C24H34N4O3. The van der Waals surface area contributed by atoms with Crippen LogP contribution in [-0.4, -0.2) is 53.2 Å². The Bertz CT molecular complexity index is 888. The van der Waals surface area contributed by atoms with Gasteiger partial charge in [-0.25, -0.2) is 4.79 Å². The second kappa shape index (κ2) is 10.6. The Labute approximate surface area is 184 Å². The summed E-state index contributed by atoms with van der Waals surface area (Å²) < 4.78 is 5.37. The van der Waals surface area contributed by atoms with Gasteiger partial charge in [-0.15, -0.1) is 0 Å². The number of fused-ring (bicyclic) bond motifs is 1. The number of hydrogen-bond donors (Lipinski definition) is 2. The van der Waals surface area contributed by atoms with Crippen molar-refractivity contribution in [2.45, 2.75) is 64.6 Å². The molecule has 0 saturated carbocycles. The number of carbonyl (C=O) groups excluding carboxylic acids is 2. The zero-order valence-electron chi connectivity index (χ0n) is 18.8. The lowest BCUT2D eigenvalue weighted by atomic mass is 10.1. The fourth-order valence-electron chi connectivity index (χ4n) is 3.71. The van der Waals surface area contributed by atoms with Crippen LogP contribution in [0.5, 0.6) is 0 Å². The fourth-order valence-corrected chi connectivity index (χ4v) is 3.71. The SMILES string of the molecule is CC(C)(C)OC(=O)N[C@@H](CCNCc1ccc2ccccc2n1)C(=O)N1CCCCC1. The standard InChI is InChI=1S/C24H34N4O3/c1-24(2,3)31-23(30)27-21(22(29)28-15-7-4-8-16-28)13-14-25-17-19-12-11-18-9-5-6-10-20(18)26-19/h5-6,9-12,21,25H,4,7-8,13-17H2,1-3H3,(H,27,30)/t21-/m0/s1. The predicted molar refractivity (Wildman–Crippen MR) is 122 cm³/mol. The van der Waals surface area contributed by atoms with E-state index in [4.69, 9.17) is 4.74 Å². The van der Waals surface area contributed by atoms with Crippen molar-refractivity contribution >= 4 is 22.9 Å². The van der Waals surface area contributed by atoms with Crippen molar-refractivity contribution in [1.29, 1.82) is 0 Å². The van der Waals surface area contributed by atoms with E-state index in [-0.39, 0.29) is 5.91 Å². The number of hydrogen-bond acceptors (Lipinski definition) is 5. The van der Waals surface area contributed by atoms with E-state index < -0.39 is 17.7 Å². The lowest BCUT2D eigenvalue weighted by Crippen LogP contribution is -2.51. The zero-order valence-corrected chi connectivity index (χ0v) is 18.8. The van der Waals surface area contributed by atoms with E-state index in [1.165, 1.54) is 0 Å². The molecule has 7 heteroatoms. The summed E-state index contributed by atoms with van der Waals surface area (Å²) in [6, 6.07) is 11.5. The van der Waals surface area contributed by atoms with Crippen molar-refractivity contribution < 1.29 is 14.3 Å². The van der Waals surface area contributed by atoms with Crippen molar-refractivity contribution in [2.75, 3.05) is 19.6 Å². The molecule has 31 heavy (non-hydrogen) atoms. The van der Waals surface area contributed by atoms with Crippen LogP contribution in [-0.2, 0) is 16.1 Å². The maximum Gasteiger partial charge on any atom is 0.408 e. The monoisotopic (exact) mass is 426 g/mol. The molecule has 7 nitrogen and oxygen atoms in total. The summed E-state index contributed by atoms with van der Waals surface area (Å²) in [5.41, 5.74) is 1.30. The van der Waals surface area contributed by atoms with Gasteiger partial charge in [-0.1, -0.05) is 24.3 Å². The van der Waals surface area contributed by atoms with Crippen molar-refractivity contribution in [3.8, 4) is 0 Å². The molecule has 0 aliphatic carbocycles. The maximum atomic E-state index is 13.0. The van der Waals surface area contributed by atoms with Crippen LogP contribution >= 0.6 is 0 Å². The first kappa shape index (κ1) is 23.0. The first-order valence-electron chi connectivity index (χ1n) is 11.2. The van der Waals surface area contributed by atoms with Gasteiger partial charge in [-0.3, -0.25) is 9.78 Å². The van der Waals surface area contributed by atoms with Gasteiger partial charge in [0.15, 0.2) is 0 Å². The summed E-state index contributed by atoms with van der Waals surface area (Å²) in [6.45, 7) is 8.11. The van der Waals surface area contributed by atoms with Gasteiger partial charge in [-0.2, -0.15) is 0 Å². The minimum Gasteiger partial charge on any atom is -0.444 e. The molecule has 0 bridgehead atoms. The smallest absolute Gasteiger partial charge is 0.408 e. The first-order valence-corrected chi connectivity index (χ1v) is 11.2. The summed E-state index contributed by atoms with van der Waals surface area (Å²) in [6.07, 6.45) is 3.10. The molecule has 0 radical (unpaired) electrons. The number of carbonyl (C=O) groups is 2. The average molecular weight is 427 g/mol. The third-order valence-electron chi connectivity index (χ3n) is 5.23. The molecule has 1 aromatic heterocycles. The number of amides is 2. The number of nitrogens with zero attached hydrogens (tertiary/aromatic N) is 2. The lowest BCUT2D eigenvalue weighted by Gasteiger charge is -2.31. The molecule has 1 aliphatic heterocycles. The van der Waals surface area contributed by atoms with E-state index in [1.807, 2.05) is 56.0 Å². The van der Waals surface area contributed by atoms with E-state index in [9.17, 15) is 9.59 Å². The Morgan fingerprint density at radius 2 is 1.84 bits per heavy atom.